The number of hydrogen-bond acceptors (Lipinski definition) is 6. The van der Waals surface area contributed by atoms with Gasteiger partial charge in [0.25, 0.3) is 0 Å². The SMILES string of the molecule is CC(C)(C)n1nnnc1SCC(=O)Nc1ccc(O)cc1. The minimum absolute atomic E-state index is 0.158. The number of aromatic nitrogens is 4. The molecule has 0 bridgehead atoms. The predicted octanol–water partition coefficient (Wildman–Crippen LogP) is 1.86. The summed E-state index contributed by atoms with van der Waals surface area (Å²) in [5.41, 5.74) is 0.396. The molecule has 1 aromatic carbocycles. The molecule has 0 radical (unpaired) electrons. The van der Waals surface area contributed by atoms with Crippen molar-refractivity contribution in [3.8, 4) is 5.75 Å². The first kappa shape index (κ1) is 15.3. The number of phenolic OH excluding ortho intramolecular Hbond substituents is 1. The van der Waals surface area contributed by atoms with Crippen molar-refractivity contribution in [2.24, 2.45) is 0 Å². The number of thioether (sulfide) groups is 1. The van der Waals surface area contributed by atoms with Crippen LogP contribution < -0.4 is 5.32 Å². The van der Waals surface area contributed by atoms with E-state index in [2.05, 4.69) is 20.8 Å². The van der Waals surface area contributed by atoms with E-state index in [9.17, 15) is 9.90 Å². The molecule has 21 heavy (non-hydrogen) atoms. The average Bonchev–Trinajstić information content (AvgIpc) is 2.87. The highest BCUT2D eigenvalue weighted by Crippen LogP contribution is 2.21. The van der Waals surface area contributed by atoms with E-state index >= 15 is 0 Å². The minimum Gasteiger partial charge on any atom is -0.508 e. The molecule has 0 spiro atoms. The first-order valence-electron chi connectivity index (χ1n) is 6.37. The van der Waals surface area contributed by atoms with E-state index in [-0.39, 0.29) is 22.9 Å². The number of hydrogen-bond donors (Lipinski definition) is 2. The van der Waals surface area contributed by atoms with Gasteiger partial charge in [-0.3, -0.25) is 4.79 Å². The molecule has 2 aromatic rings. The largest absolute Gasteiger partial charge is 0.508 e. The fourth-order valence-electron chi connectivity index (χ4n) is 1.56. The number of aromatic hydroxyl groups is 1. The Morgan fingerprint density at radius 3 is 2.62 bits per heavy atom. The fourth-order valence-corrected chi connectivity index (χ4v) is 2.42. The third kappa shape index (κ3) is 4.19. The van der Waals surface area contributed by atoms with E-state index in [1.54, 1.807) is 16.8 Å². The number of phenols is 1. The Morgan fingerprint density at radius 1 is 1.33 bits per heavy atom. The number of carbonyl (C=O) groups is 1. The summed E-state index contributed by atoms with van der Waals surface area (Å²) < 4.78 is 1.69. The van der Waals surface area contributed by atoms with Gasteiger partial charge in [-0.05, 0) is 55.5 Å². The lowest BCUT2D eigenvalue weighted by Crippen LogP contribution is -2.24. The highest BCUT2D eigenvalue weighted by molar-refractivity contribution is 7.99. The molecule has 1 aromatic heterocycles. The second-order valence-corrected chi connectivity index (χ2v) is 6.37. The normalized spacial score (nSPS) is 11.4. The number of anilines is 1. The second-order valence-electron chi connectivity index (χ2n) is 5.43. The molecule has 8 heteroatoms. The van der Waals surface area contributed by atoms with Gasteiger partial charge in [-0.25, -0.2) is 4.68 Å². The maximum Gasteiger partial charge on any atom is 0.234 e. The molecule has 0 aliphatic carbocycles. The zero-order valence-electron chi connectivity index (χ0n) is 12.1. The predicted molar refractivity (Wildman–Crippen MR) is 80.3 cm³/mol. The molecule has 1 heterocycles. The van der Waals surface area contributed by atoms with Crippen LogP contribution in [0.4, 0.5) is 5.69 Å². The van der Waals surface area contributed by atoms with Crippen molar-refractivity contribution in [1.29, 1.82) is 0 Å². The van der Waals surface area contributed by atoms with Crippen LogP contribution in [-0.4, -0.2) is 37.0 Å². The van der Waals surface area contributed by atoms with E-state index in [1.165, 1.54) is 23.9 Å². The summed E-state index contributed by atoms with van der Waals surface area (Å²) in [5, 5.41) is 24.0. The number of amides is 1. The van der Waals surface area contributed by atoms with Crippen LogP contribution in [0, 0.1) is 0 Å². The zero-order valence-corrected chi connectivity index (χ0v) is 12.9. The van der Waals surface area contributed by atoms with Gasteiger partial charge < -0.3 is 10.4 Å². The molecule has 1 amide bonds. The number of rotatable bonds is 4. The molecule has 2 rings (SSSR count). The van der Waals surface area contributed by atoms with Gasteiger partial charge in [0, 0.05) is 5.69 Å². The summed E-state index contributed by atoms with van der Waals surface area (Å²) in [7, 11) is 0. The van der Waals surface area contributed by atoms with Gasteiger partial charge >= 0.3 is 0 Å². The number of carbonyl (C=O) groups excluding carboxylic acids is 1. The molecule has 0 saturated carbocycles. The third-order valence-corrected chi connectivity index (χ3v) is 3.48. The maximum absolute atomic E-state index is 11.9. The van der Waals surface area contributed by atoms with Gasteiger partial charge in [-0.2, -0.15) is 0 Å². The van der Waals surface area contributed by atoms with Crippen molar-refractivity contribution in [3.05, 3.63) is 24.3 Å². The Kier molecular flexibility index (Phi) is 4.46. The van der Waals surface area contributed by atoms with Crippen molar-refractivity contribution < 1.29 is 9.90 Å². The molecule has 112 valence electrons. The monoisotopic (exact) mass is 307 g/mol. The molecule has 0 unspecified atom stereocenters. The number of nitrogens with one attached hydrogen (secondary N) is 1. The van der Waals surface area contributed by atoms with Gasteiger partial charge in [0.2, 0.25) is 11.1 Å². The van der Waals surface area contributed by atoms with E-state index in [0.717, 1.165) is 0 Å². The molecular formula is C13H17N5O2S. The topological polar surface area (TPSA) is 92.9 Å². The maximum atomic E-state index is 11.9. The van der Waals surface area contributed by atoms with E-state index in [1.807, 2.05) is 20.8 Å². The molecule has 2 N–H and O–H groups in total. The van der Waals surface area contributed by atoms with Crippen LogP contribution in [0.1, 0.15) is 20.8 Å². The molecule has 0 aliphatic rings. The van der Waals surface area contributed by atoms with Crippen molar-refractivity contribution in [2.75, 3.05) is 11.1 Å². The number of benzene rings is 1. The first-order chi connectivity index (χ1) is 9.86. The highest BCUT2D eigenvalue weighted by Gasteiger charge is 2.20. The van der Waals surface area contributed by atoms with E-state index < -0.39 is 0 Å². The lowest BCUT2D eigenvalue weighted by Gasteiger charge is -2.19. The van der Waals surface area contributed by atoms with Crippen molar-refractivity contribution in [2.45, 2.75) is 31.5 Å². The van der Waals surface area contributed by atoms with Crippen LogP contribution in [-0.2, 0) is 10.3 Å². The van der Waals surface area contributed by atoms with Gasteiger partial charge in [-0.1, -0.05) is 11.8 Å². The minimum atomic E-state index is -0.237. The average molecular weight is 307 g/mol. The van der Waals surface area contributed by atoms with Gasteiger partial charge in [0.05, 0.1) is 11.3 Å². The molecule has 0 fully saturated rings. The number of tetrazole rings is 1. The van der Waals surface area contributed by atoms with Crippen LogP contribution >= 0.6 is 11.8 Å². The van der Waals surface area contributed by atoms with E-state index in [4.69, 9.17) is 0 Å². The molecule has 7 nitrogen and oxygen atoms in total. The van der Waals surface area contributed by atoms with Gasteiger partial charge in [0.15, 0.2) is 0 Å². The van der Waals surface area contributed by atoms with Crippen LogP contribution in [0.15, 0.2) is 29.4 Å². The van der Waals surface area contributed by atoms with Crippen LogP contribution in [0.2, 0.25) is 0 Å². The highest BCUT2D eigenvalue weighted by atomic mass is 32.2. The lowest BCUT2D eigenvalue weighted by atomic mass is 10.1. The first-order valence-corrected chi connectivity index (χ1v) is 7.35. The summed E-state index contributed by atoms with van der Waals surface area (Å²) >= 11 is 1.28. The lowest BCUT2D eigenvalue weighted by molar-refractivity contribution is -0.113. The quantitative estimate of drug-likeness (QED) is 0.661. The van der Waals surface area contributed by atoms with Crippen LogP contribution in [0.5, 0.6) is 5.75 Å². The summed E-state index contributed by atoms with van der Waals surface area (Å²) in [6.45, 7) is 5.97. The van der Waals surface area contributed by atoms with Gasteiger partial charge in [0.1, 0.15) is 5.75 Å². The Bertz CT molecular complexity index is 618. The molecular weight excluding hydrogens is 290 g/mol. The van der Waals surface area contributed by atoms with Crippen molar-refractivity contribution >= 4 is 23.4 Å². The Hall–Kier alpha value is -2.09. The van der Waals surface area contributed by atoms with Crippen LogP contribution in [0.25, 0.3) is 0 Å². The van der Waals surface area contributed by atoms with E-state index in [0.29, 0.717) is 10.8 Å². The van der Waals surface area contributed by atoms with Crippen molar-refractivity contribution in [3.63, 3.8) is 0 Å². The summed E-state index contributed by atoms with van der Waals surface area (Å²) in [6, 6.07) is 6.31. The molecule has 0 aliphatic heterocycles. The Balaban J connectivity index is 1.93. The number of nitrogens with zero attached hydrogens (tertiary/aromatic N) is 4. The summed E-state index contributed by atoms with van der Waals surface area (Å²) in [6.07, 6.45) is 0. The van der Waals surface area contributed by atoms with Crippen molar-refractivity contribution in [1.82, 2.24) is 20.2 Å². The fraction of sp³-hybridized carbons (Fsp3) is 0.385. The van der Waals surface area contributed by atoms with Gasteiger partial charge in [-0.15, -0.1) is 5.10 Å². The van der Waals surface area contributed by atoms with Crippen LogP contribution in [0.3, 0.4) is 0 Å². The standard InChI is InChI=1S/C13H17N5O2S/c1-13(2,3)18-12(15-16-17-18)21-8-11(20)14-9-4-6-10(19)7-5-9/h4-7,19H,8H2,1-3H3,(H,14,20). The second kappa shape index (κ2) is 6.13. The molecule has 0 atom stereocenters. The Morgan fingerprint density at radius 2 is 2.00 bits per heavy atom. The third-order valence-electron chi connectivity index (χ3n) is 2.56. The zero-order chi connectivity index (χ0) is 15.5. The molecule has 0 saturated heterocycles. The summed E-state index contributed by atoms with van der Waals surface area (Å²) in [5.74, 6) is 0.206. The Labute approximate surface area is 126 Å². The summed E-state index contributed by atoms with van der Waals surface area (Å²) in [4.78, 5) is 11.9. The smallest absolute Gasteiger partial charge is 0.234 e.